The molecule has 1 saturated carbocycles. The average molecular weight is 359 g/mol. The number of hydrogen-bond acceptors (Lipinski definition) is 4. The third kappa shape index (κ3) is 3.58. The van der Waals surface area contributed by atoms with Gasteiger partial charge in [0.05, 0.1) is 11.6 Å². The van der Waals surface area contributed by atoms with Gasteiger partial charge in [0, 0.05) is 54.5 Å². The van der Waals surface area contributed by atoms with E-state index < -0.39 is 0 Å². The fourth-order valence-corrected chi connectivity index (χ4v) is 3.61. The first-order valence-corrected chi connectivity index (χ1v) is 9.33. The van der Waals surface area contributed by atoms with Crippen LogP contribution in [0, 0.1) is 0 Å². The summed E-state index contributed by atoms with van der Waals surface area (Å²) >= 11 is 6.08. The zero-order valence-electron chi connectivity index (χ0n) is 14.4. The van der Waals surface area contributed by atoms with E-state index in [-0.39, 0.29) is 11.9 Å². The van der Waals surface area contributed by atoms with E-state index in [1.54, 1.807) is 0 Å². The minimum atomic E-state index is -0.0595. The monoisotopic (exact) mass is 358 g/mol. The maximum absolute atomic E-state index is 12.3. The minimum absolute atomic E-state index is 0.0595. The average Bonchev–Trinajstić information content (AvgIpc) is 3.44. The van der Waals surface area contributed by atoms with Crippen molar-refractivity contribution in [3.8, 4) is 0 Å². The summed E-state index contributed by atoms with van der Waals surface area (Å²) in [5.41, 5.74) is 2.11. The Hall–Kier alpha value is -1.85. The maximum Gasteiger partial charge on any atom is 0.237 e. The van der Waals surface area contributed by atoms with E-state index in [9.17, 15) is 4.79 Å². The molecule has 1 saturated heterocycles. The topological polar surface area (TPSA) is 48.5 Å². The van der Waals surface area contributed by atoms with E-state index in [1.807, 2.05) is 31.3 Å². The molecule has 0 bridgehead atoms. The second kappa shape index (κ2) is 6.81. The maximum atomic E-state index is 12.3. The normalized spacial score (nSPS) is 19.8. The van der Waals surface area contributed by atoms with Crippen LogP contribution in [-0.4, -0.2) is 54.1 Å². The molecular weight excluding hydrogens is 336 g/mol. The number of anilines is 1. The molecule has 2 aromatic rings. The van der Waals surface area contributed by atoms with Gasteiger partial charge in [-0.3, -0.25) is 14.7 Å². The number of fused-ring (bicyclic) bond motifs is 1. The van der Waals surface area contributed by atoms with E-state index in [0.29, 0.717) is 11.1 Å². The van der Waals surface area contributed by atoms with Crippen LogP contribution in [0.25, 0.3) is 10.9 Å². The summed E-state index contributed by atoms with van der Waals surface area (Å²) in [7, 11) is 0. The molecule has 1 aliphatic carbocycles. The van der Waals surface area contributed by atoms with E-state index in [2.05, 4.69) is 26.2 Å². The minimum Gasteiger partial charge on any atom is -0.368 e. The number of piperazine rings is 1. The number of amides is 1. The molecule has 1 N–H and O–H groups in total. The molecular formula is C19H23ClN4O. The second-order valence-electron chi connectivity index (χ2n) is 6.97. The lowest BCUT2D eigenvalue weighted by atomic mass is 10.1. The van der Waals surface area contributed by atoms with Gasteiger partial charge in [-0.05, 0) is 44.0 Å². The van der Waals surface area contributed by atoms with E-state index in [0.717, 1.165) is 49.9 Å². The second-order valence-corrected chi connectivity index (χ2v) is 7.41. The van der Waals surface area contributed by atoms with Gasteiger partial charge in [-0.2, -0.15) is 0 Å². The van der Waals surface area contributed by atoms with Gasteiger partial charge in [0.2, 0.25) is 5.91 Å². The number of hydrogen-bond donors (Lipinski definition) is 1. The van der Waals surface area contributed by atoms with E-state index in [4.69, 9.17) is 11.6 Å². The molecule has 1 amide bonds. The fourth-order valence-electron chi connectivity index (χ4n) is 3.45. The Kier molecular flexibility index (Phi) is 4.52. The number of aromatic nitrogens is 1. The lowest BCUT2D eigenvalue weighted by Crippen LogP contribution is -2.54. The van der Waals surface area contributed by atoms with Crippen LogP contribution in [0.15, 0.2) is 30.5 Å². The zero-order chi connectivity index (χ0) is 17.4. The van der Waals surface area contributed by atoms with Crippen LogP contribution in [0.5, 0.6) is 0 Å². The van der Waals surface area contributed by atoms with Crippen molar-refractivity contribution in [2.45, 2.75) is 31.8 Å². The largest absolute Gasteiger partial charge is 0.368 e. The Balaban J connectivity index is 1.44. The van der Waals surface area contributed by atoms with Crippen LogP contribution in [-0.2, 0) is 4.79 Å². The summed E-state index contributed by atoms with van der Waals surface area (Å²) < 4.78 is 0. The van der Waals surface area contributed by atoms with Crippen molar-refractivity contribution in [2.75, 3.05) is 31.1 Å². The molecule has 2 aliphatic rings. The van der Waals surface area contributed by atoms with Crippen LogP contribution in [0.1, 0.15) is 19.8 Å². The first-order chi connectivity index (χ1) is 12.1. The highest BCUT2D eigenvalue weighted by atomic mass is 35.5. The molecule has 6 heteroatoms. The van der Waals surface area contributed by atoms with Crippen molar-refractivity contribution in [1.82, 2.24) is 15.2 Å². The number of rotatable bonds is 4. The number of benzene rings is 1. The summed E-state index contributed by atoms with van der Waals surface area (Å²) in [6, 6.07) is 8.28. The molecule has 2 heterocycles. The molecule has 1 unspecified atom stereocenters. The van der Waals surface area contributed by atoms with Crippen molar-refractivity contribution >= 4 is 34.1 Å². The van der Waals surface area contributed by atoms with Gasteiger partial charge in [0.1, 0.15) is 0 Å². The van der Waals surface area contributed by atoms with Crippen LogP contribution in [0.2, 0.25) is 5.02 Å². The highest BCUT2D eigenvalue weighted by Crippen LogP contribution is 2.28. The summed E-state index contributed by atoms with van der Waals surface area (Å²) in [6.45, 7) is 5.59. The van der Waals surface area contributed by atoms with Gasteiger partial charge in [0.15, 0.2) is 0 Å². The Morgan fingerprint density at radius 1 is 1.24 bits per heavy atom. The predicted octanol–water partition coefficient (Wildman–Crippen LogP) is 2.68. The molecule has 1 aromatic carbocycles. The molecule has 1 aromatic heterocycles. The van der Waals surface area contributed by atoms with Gasteiger partial charge < -0.3 is 10.2 Å². The van der Waals surface area contributed by atoms with Crippen LogP contribution in [0.4, 0.5) is 5.69 Å². The quantitative estimate of drug-likeness (QED) is 0.912. The number of nitrogens with zero attached hydrogens (tertiary/aromatic N) is 3. The standard InChI is InChI=1S/C19H23ClN4O/c1-13(19(25)22-15-3-4-15)23-8-10-24(11-9-23)18-6-7-21-17-12-14(20)2-5-16(17)18/h2,5-7,12-13,15H,3-4,8-11H2,1H3,(H,22,25). The molecule has 132 valence electrons. The molecule has 25 heavy (non-hydrogen) atoms. The lowest BCUT2D eigenvalue weighted by Gasteiger charge is -2.38. The first kappa shape index (κ1) is 16.6. The molecule has 0 spiro atoms. The molecule has 4 rings (SSSR count). The molecule has 1 aliphatic heterocycles. The van der Waals surface area contributed by atoms with Gasteiger partial charge in [0.25, 0.3) is 0 Å². The Bertz CT molecular complexity index is 784. The van der Waals surface area contributed by atoms with Crippen molar-refractivity contribution in [3.63, 3.8) is 0 Å². The van der Waals surface area contributed by atoms with Crippen LogP contribution in [0.3, 0.4) is 0 Å². The Morgan fingerprint density at radius 2 is 2.00 bits per heavy atom. The zero-order valence-corrected chi connectivity index (χ0v) is 15.2. The molecule has 2 fully saturated rings. The third-order valence-corrected chi connectivity index (χ3v) is 5.42. The summed E-state index contributed by atoms with van der Waals surface area (Å²) in [5.74, 6) is 0.167. The number of nitrogens with one attached hydrogen (secondary N) is 1. The van der Waals surface area contributed by atoms with Crippen molar-refractivity contribution in [2.24, 2.45) is 0 Å². The fraction of sp³-hybridized carbons (Fsp3) is 0.474. The Labute approximate surface area is 153 Å². The van der Waals surface area contributed by atoms with Crippen molar-refractivity contribution in [1.29, 1.82) is 0 Å². The van der Waals surface area contributed by atoms with Crippen molar-refractivity contribution in [3.05, 3.63) is 35.5 Å². The van der Waals surface area contributed by atoms with Crippen LogP contribution < -0.4 is 10.2 Å². The lowest BCUT2D eigenvalue weighted by molar-refractivity contribution is -0.126. The Morgan fingerprint density at radius 3 is 2.72 bits per heavy atom. The third-order valence-electron chi connectivity index (χ3n) is 5.19. The highest BCUT2D eigenvalue weighted by Gasteiger charge is 2.30. The molecule has 1 atom stereocenters. The number of pyridine rings is 1. The predicted molar refractivity (Wildman–Crippen MR) is 101 cm³/mol. The summed E-state index contributed by atoms with van der Waals surface area (Å²) in [6.07, 6.45) is 4.10. The van der Waals surface area contributed by atoms with Gasteiger partial charge in [-0.15, -0.1) is 0 Å². The summed E-state index contributed by atoms with van der Waals surface area (Å²) in [4.78, 5) is 21.3. The first-order valence-electron chi connectivity index (χ1n) is 8.95. The van der Waals surface area contributed by atoms with Gasteiger partial charge >= 0.3 is 0 Å². The van der Waals surface area contributed by atoms with Gasteiger partial charge in [-0.25, -0.2) is 0 Å². The van der Waals surface area contributed by atoms with E-state index in [1.165, 1.54) is 5.69 Å². The highest BCUT2D eigenvalue weighted by molar-refractivity contribution is 6.31. The number of halogens is 1. The number of carbonyl (C=O) groups is 1. The van der Waals surface area contributed by atoms with Gasteiger partial charge in [-0.1, -0.05) is 11.6 Å². The SMILES string of the molecule is CC(C(=O)NC1CC1)N1CCN(c2ccnc3cc(Cl)ccc23)CC1. The smallest absolute Gasteiger partial charge is 0.237 e. The summed E-state index contributed by atoms with van der Waals surface area (Å²) in [5, 5.41) is 4.94. The molecule has 5 nitrogen and oxygen atoms in total. The van der Waals surface area contributed by atoms with Crippen molar-refractivity contribution < 1.29 is 4.79 Å². The molecule has 0 radical (unpaired) electrons. The van der Waals surface area contributed by atoms with E-state index >= 15 is 0 Å². The van der Waals surface area contributed by atoms with Crippen LogP contribution >= 0.6 is 11.6 Å². The number of carbonyl (C=O) groups excluding carboxylic acids is 1.